The zero-order valence-electron chi connectivity index (χ0n) is 12.4. The van der Waals surface area contributed by atoms with Crippen LogP contribution < -0.4 is 10.6 Å². The van der Waals surface area contributed by atoms with Crippen molar-refractivity contribution in [3.8, 4) is 0 Å². The van der Waals surface area contributed by atoms with E-state index in [2.05, 4.69) is 29.5 Å². The molecule has 108 valence electrons. The van der Waals surface area contributed by atoms with Gasteiger partial charge in [0.15, 0.2) is 5.96 Å². The number of hydrogen-bond acceptors (Lipinski definition) is 2. The van der Waals surface area contributed by atoms with E-state index in [-0.39, 0.29) is 0 Å². The van der Waals surface area contributed by atoms with Crippen molar-refractivity contribution >= 4 is 5.96 Å². The minimum Gasteiger partial charge on any atom is -0.377 e. The molecule has 1 spiro atoms. The zero-order chi connectivity index (χ0) is 13.5. The lowest BCUT2D eigenvalue weighted by atomic mass is 9.46. The van der Waals surface area contributed by atoms with Crippen molar-refractivity contribution in [3.05, 3.63) is 0 Å². The third kappa shape index (κ3) is 2.04. The van der Waals surface area contributed by atoms with Gasteiger partial charge in [0.2, 0.25) is 0 Å². The van der Waals surface area contributed by atoms with Crippen molar-refractivity contribution in [2.45, 2.75) is 51.7 Å². The van der Waals surface area contributed by atoms with Gasteiger partial charge in [-0.25, -0.2) is 0 Å². The first kappa shape index (κ1) is 13.2. The number of nitrogens with one attached hydrogen (secondary N) is 2. The summed E-state index contributed by atoms with van der Waals surface area (Å²) in [6.07, 6.45) is 5.76. The van der Waals surface area contributed by atoms with Crippen LogP contribution >= 0.6 is 0 Å². The molecule has 3 rings (SSSR count). The van der Waals surface area contributed by atoms with Crippen LogP contribution in [0.2, 0.25) is 0 Å². The molecule has 4 nitrogen and oxygen atoms in total. The average Bonchev–Trinajstić information content (AvgIpc) is 2.72. The van der Waals surface area contributed by atoms with Gasteiger partial charge in [-0.3, -0.25) is 4.99 Å². The first-order valence-corrected chi connectivity index (χ1v) is 7.76. The minimum atomic E-state index is 0.427. The molecule has 0 radical (unpaired) electrons. The number of guanidine groups is 1. The van der Waals surface area contributed by atoms with E-state index in [0.717, 1.165) is 19.1 Å². The standard InChI is InChI=1S/C15H27N3O/c1-10(2)9-17-14(16-3)18-12-11-5-8-19-13(11)15(12)6-4-7-15/h10-13H,4-9H2,1-3H3,(H2,16,17,18). The molecule has 2 N–H and O–H groups in total. The smallest absolute Gasteiger partial charge is 0.191 e. The Hall–Kier alpha value is -0.770. The summed E-state index contributed by atoms with van der Waals surface area (Å²) in [4.78, 5) is 4.37. The van der Waals surface area contributed by atoms with Gasteiger partial charge in [0.25, 0.3) is 0 Å². The van der Waals surface area contributed by atoms with Gasteiger partial charge in [-0.15, -0.1) is 0 Å². The lowest BCUT2D eigenvalue weighted by Gasteiger charge is -2.63. The van der Waals surface area contributed by atoms with E-state index in [9.17, 15) is 0 Å². The fraction of sp³-hybridized carbons (Fsp3) is 0.933. The molecule has 3 atom stereocenters. The van der Waals surface area contributed by atoms with Gasteiger partial charge in [-0.05, 0) is 25.2 Å². The maximum Gasteiger partial charge on any atom is 0.191 e. The predicted octanol–water partition coefficient (Wildman–Crippen LogP) is 1.76. The van der Waals surface area contributed by atoms with E-state index in [1.165, 1.54) is 25.7 Å². The van der Waals surface area contributed by atoms with Crippen LogP contribution in [0.5, 0.6) is 0 Å². The number of aliphatic imine (C=N–C) groups is 1. The molecular weight excluding hydrogens is 238 g/mol. The Kier molecular flexibility index (Phi) is 3.46. The third-order valence-electron chi connectivity index (χ3n) is 5.23. The van der Waals surface area contributed by atoms with Crippen LogP contribution in [-0.2, 0) is 4.74 Å². The number of ether oxygens (including phenoxy) is 1. The lowest BCUT2D eigenvalue weighted by Crippen LogP contribution is -2.72. The highest BCUT2D eigenvalue weighted by Crippen LogP contribution is 2.62. The van der Waals surface area contributed by atoms with Crippen LogP contribution in [-0.4, -0.2) is 38.3 Å². The summed E-state index contributed by atoms with van der Waals surface area (Å²) in [5.74, 6) is 2.31. The van der Waals surface area contributed by atoms with Gasteiger partial charge in [0.05, 0.1) is 6.10 Å². The Labute approximate surface area is 116 Å². The van der Waals surface area contributed by atoms with Crippen molar-refractivity contribution in [2.75, 3.05) is 20.2 Å². The third-order valence-corrected chi connectivity index (χ3v) is 5.23. The molecule has 0 bridgehead atoms. The van der Waals surface area contributed by atoms with Crippen molar-refractivity contribution in [3.63, 3.8) is 0 Å². The molecule has 0 amide bonds. The van der Waals surface area contributed by atoms with E-state index >= 15 is 0 Å². The second kappa shape index (κ2) is 4.97. The second-order valence-corrected chi connectivity index (χ2v) is 6.80. The van der Waals surface area contributed by atoms with Crippen LogP contribution in [0.25, 0.3) is 0 Å². The molecule has 0 aromatic carbocycles. The molecule has 3 aliphatic rings. The first-order valence-electron chi connectivity index (χ1n) is 7.76. The molecule has 3 fully saturated rings. The molecule has 3 unspecified atom stereocenters. The number of rotatable bonds is 3. The Bertz CT molecular complexity index is 362. The fourth-order valence-corrected chi connectivity index (χ4v) is 4.10. The Morgan fingerprint density at radius 2 is 2.21 bits per heavy atom. The van der Waals surface area contributed by atoms with E-state index in [4.69, 9.17) is 4.74 Å². The summed E-state index contributed by atoms with van der Waals surface area (Å²) >= 11 is 0. The molecule has 1 heterocycles. The van der Waals surface area contributed by atoms with Crippen molar-refractivity contribution in [1.82, 2.24) is 10.6 Å². The van der Waals surface area contributed by atoms with Gasteiger partial charge in [-0.1, -0.05) is 20.3 Å². The summed E-state index contributed by atoms with van der Waals surface area (Å²) in [5, 5.41) is 7.11. The van der Waals surface area contributed by atoms with E-state index in [1.807, 2.05) is 7.05 Å². The van der Waals surface area contributed by atoms with Gasteiger partial charge in [-0.2, -0.15) is 0 Å². The molecule has 4 heteroatoms. The van der Waals surface area contributed by atoms with Crippen LogP contribution in [0.3, 0.4) is 0 Å². The quantitative estimate of drug-likeness (QED) is 0.604. The SMILES string of the molecule is CN=C(NCC(C)C)NC1C2CCOC2C12CCC2. The van der Waals surface area contributed by atoms with E-state index in [0.29, 0.717) is 29.4 Å². The molecule has 2 saturated carbocycles. The second-order valence-electron chi connectivity index (χ2n) is 6.80. The van der Waals surface area contributed by atoms with Crippen LogP contribution in [0.15, 0.2) is 4.99 Å². The molecule has 0 aromatic heterocycles. The summed E-state index contributed by atoms with van der Waals surface area (Å²) < 4.78 is 5.95. The monoisotopic (exact) mass is 265 g/mol. The van der Waals surface area contributed by atoms with Gasteiger partial charge >= 0.3 is 0 Å². The highest BCUT2D eigenvalue weighted by Gasteiger charge is 2.66. The summed E-state index contributed by atoms with van der Waals surface area (Å²) in [6, 6.07) is 0.576. The average molecular weight is 265 g/mol. The van der Waals surface area contributed by atoms with Crippen LogP contribution in [0, 0.1) is 17.3 Å². The lowest BCUT2D eigenvalue weighted by molar-refractivity contribution is -0.171. The van der Waals surface area contributed by atoms with Crippen molar-refractivity contribution in [1.29, 1.82) is 0 Å². The molecule has 2 aliphatic carbocycles. The van der Waals surface area contributed by atoms with E-state index in [1.54, 1.807) is 0 Å². The molecule has 1 saturated heterocycles. The molecule has 1 aliphatic heterocycles. The minimum absolute atomic E-state index is 0.427. The zero-order valence-corrected chi connectivity index (χ0v) is 12.4. The Morgan fingerprint density at radius 3 is 2.79 bits per heavy atom. The normalized spacial score (nSPS) is 35.8. The van der Waals surface area contributed by atoms with Crippen LogP contribution in [0.1, 0.15) is 39.5 Å². The maximum atomic E-state index is 5.95. The maximum absolute atomic E-state index is 5.95. The largest absolute Gasteiger partial charge is 0.377 e. The molecule has 0 aromatic rings. The number of hydrogen-bond donors (Lipinski definition) is 2. The highest BCUT2D eigenvalue weighted by atomic mass is 16.5. The Morgan fingerprint density at radius 1 is 1.42 bits per heavy atom. The Balaban J connectivity index is 1.62. The fourth-order valence-electron chi connectivity index (χ4n) is 4.10. The summed E-state index contributed by atoms with van der Waals surface area (Å²) in [5.41, 5.74) is 0.427. The van der Waals surface area contributed by atoms with Gasteiger partial charge < -0.3 is 15.4 Å². The van der Waals surface area contributed by atoms with E-state index < -0.39 is 0 Å². The predicted molar refractivity (Wildman–Crippen MR) is 77.3 cm³/mol. The number of nitrogens with zero attached hydrogens (tertiary/aromatic N) is 1. The van der Waals surface area contributed by atoms with Crippen molar-refractivity contribution < 1.29 is 4.74 Å². The highest BCUT2D eigenvalue weighted by molar-refractivity contribution is 5.80. The molecular formula is C15H27N3O. The topological polar surface area (TPSA) is 45.7 Å². The first-order chi connectivity index (χ1) is 9.17. The number of fused-ring (bicyclic) bond motifs is 2. The van der Waals surface area contributed by atoms with Crippen LogP contribution in [0.4, 0.5) is 0 Å². The van der Waals surface area contributed by atoms with Crippen molar-refractivity contribution in [2.24, 2.45) is 22.2 Å². The van der Waals surface area contributed by atoms with Gasteiger partial charge in [0, 0.05) is 37.6 Å². The summed E-state index contributed by atoms with van der Waals surface area (Å²) in [6.45, 7) is 6.37. The van der Waals surface area contributed by atoms with Gasteiger partial charge in [0.1, 0.15) is 0 Å². The summed E-state index contributed by atoms with van der Waals surface area (Å²) in [7, 11) is 1.87. The molecule has 19 heavy (non-hydrogen) atoms.